The molecule has 4 aromatic rings. The van der Waals surface area contributed by atoms with Crippen LogP contribution in [-0.2, 0) is 10.0 Å². The molecule has 0 aliphatic rings. The summed E-state index contributed by atoms with van der Waals surface area (Å²) in [6.07, 6.45) is 3.53. The zero-order valence-corrected chi connectivity index (χ0v) is 19.3. The Morgan fingerprint density at radius 1 is 1.03 bits per heavy atom. The fraction of sp³-hybridized carbons (Fsp3) is 0.120. The smallest absolute Gasteiger partial charge is 0.262 e. The second-order valence-corrected chi connectivity index (χ2v) is 9.19. The van der Waals surface area contributed by atoms with Crippen molar-refractivity contribution >= 4 is 21.5 Å². The lowest BCUT2D eigenvalue weighted by Crippen LogP contribution is -2.14. The van der Waals surface area contributed by atoms with Crippen LogP contribution in [0.1, 0.15) is 23.0 Å². The van der Waals surface area contributed by atoms with Crippen LogP contribution in [0.4, 0.5) is 5.69 Å². The summed E-state index contributed by atoms with van der Waals surface area (Å²) in [6, 6.07) is 18.7. The maximum absolute atomic E-state index is 13.3. The normalized spacial score (nSPS) is 11.2. The van der Waals surface area contributed by atoms with E-state index >= 15 is 0 Å². The first-order valence-electron chi connectivity index (χ1n) is 10.2. The number of carbonyl (C=O) groups is 1. The van der Waals surface area contributed by atoms with Gasteiger partial charge in [0.15, 0.2) is 5.78 Å². The number of aromatic nitrogens is 2. The second-order valence-electron chi connectivity index (χ2n) is 7.54. The first-order chi connectivity index (χ1) is 15.8. The number of nitrogens with zero attached hydrogens (tertiary/aromatic N) is 2. The van der Waals surface area contributed by atoms with Crippen LogP contribution in [0.2, 0.25) is 0 Å². The second kappa shape index (κ2) is 8.91. The molecule has 1 heterocycles. The van der Waals surface area contributed by atoms with Crippen LogP contribution >= 0.6 is 0 Å². The molecule has 0 spiro atoms. The van der Waals surface area contributed by atoms with E-state index < -0.39 is 10.0 Å². The Morgan fingerprint density at radius 2 is 1.76 bits per heavy atom. The lowest BCUT2D eigenvalue weighted by Gasteiger charge is -2.15. The Kier molecular flexibility index (Phi) is 6.02. The molecule has 4 rings (SSSR count). The molecule has 0 unspecified atom stereocenters. The molecule has 0 radical (unpaired) electrons. The van der Waals surface area contributed by atoms with E-state index in [9.17, 15) is 13.2 Å². The summed E-state index contributed by atoms with van der Waals surface area (Å²) in [6.45, 7) is 3.38. The predicted octanol–water partition coefficient (Wildman–Crippen LogP) is 4.86. The summed E-state index contributed by atoms with van der Waals surface area (Å²) >= 11 is 0. The van der Waals surface area contributed by atoms with Crippen molar-refractivity contribution in [3.8, 4) is 22.6 Å². The summed E-state index contributed by atoms with van der Waals surface area (Å²) < 4.78 is 36.6. The fourth-order valence-corrected chi connectivity index (χ4v) is 4.82. The van der Waals surface area contributed by atoms with E-state index in [-0.39, 0.29) is 10.7 Å². The number of aryl methyl sites for hydroxylation is 1. The van der Waals surface area contributed by atoms with Crippen molar-refractivity contribution in [1.29, 1.82) is 0 Å². The van der Waals surface area contributed by atoms with Gasteiger partial charge in [-0.2, -0.15) is 0 Å². The van der Waals surface area contributed by atoms with Gasteiger partial charge in [0.2, 0.25) is 0 Å². The summed E-state index contributed by atoms with van der Waals surface area (Å²) in [5.41, 5.74) is 3.77. The van der Waals surface area contributed by atoms with Gasteiger partial charge in [-0.05, 0) is 37.6 Å². The number of Topliss-reactive ketones (excluding diaryl/α,β-unsaturated/α-hetero) is 1. The predicted molar refractivity (Wildman–Crippen MR) is 128 cm³/mol. The van der Waals surface area contributed by atoms with Crippen molar-refractivity contribution in [1.82, 2.24) is 9.55 Å². The zero-order chi connectivity index (χ0) is 23.6. The molecule has 3 aromatic carbocycles. The highest BCUT2D eigenvalue weighted by Gasteiger charge is 2.20. The van der Waals surface area contributed by atoms with Crippen molar-refractivity contribution in [2.45, 2.75) is 18.7 Å². The number of anilines is 1. The zero-order valence-electron chi connectivity index (χ0n) is 18.4. The van der Waals surface area contributed by atoms with Crippen LogP contribution in [0.15, 0.2) is 84.1 Å². The number of hydrogen-bond donors (Lipinski definition) is 1. The van der Waals surface area contributed by atoms with E-state index in [0.29, 0.717) is 28.1 Å². The number of rotatable bonds is 7. The summed E-state index contributed by atoms with van der Waals surface area (Å²) in [4.78, 5) is 15.9. The van der Waals surface area contributed by atoms with Gasteiger partial charge in [-0.15, -0.1) is 0 Å². The summed E-state index contributed by atoms with van der Waals surface area (Å²) in [5, 5.41) is 0. The molecule has 0 bridgehead atoms. The number of methoxy groups -OCH3 is 1. The van der Waals surface area contributed by atoms with Gasteiger partial charge in [0.25, 0.3) is 10.0 Å². The first kappa shape index (κ1) is 22.3. The molecule has 0 fully saturated rings. The van der Waals surface area contributed by atoms with Gasteiger partial charge in [-0.1, -0.05) is 42.5 Å². The third-order valence-electron chi connectivity index (χ3n) is 5.20. The number of hydrogen-bond acceptors (Lipinski definition) is 5. The molecule has 0 aliphatic carbocycles. The monoisotopic (exact) mass is 461 g/mol. The van der Waals surface area contributed by atoms with Gasteiger partial charge >= 0.3 is 0 Å². The third-order valence-corrected chi connectivity index (χ3v) is 6.64. The summed E-state index contributed by atoms with van der Waals surface area (Å²) in [7, 11) is -2.38. The van der Waals surface area contributed by atoms with Crippen LogP contribution < -0.4 is 9.46 Å². The lowest BCUT2D eigenvalue weighted by atomic mass is 10.0. The molecule has 168 valence electrons. The molecule has 0 aliphatic heterocycles. The molecule has 33 heavy (non-hydrogen) atoms. The number of nitrogens with one attached hydrogen (secondary N) is 1. The molecule has 7 nitrogen and oxygen atoms in total. The third kappa shape index (κ3) is 4.65. The lowest BCUT2D eigenvalue weighted by molar-refractivity contribution is 0.101. The van der Waals surface area contributed by atoms with Crippen LogP contribution in [0.25, 0.3) is 16.8 Å². The molecule has 0 amide bonds. The number of benzene rings is 3. The van der Waals surface area contributed by atoms with Crippen LogP contribution in [0.5, 0.6) is 5.75 Å². The van der Waals surface area contributed by atoms with Gasteiger partial charge in [-0.3, -0.25) is 9.52 Å². The van der Waals surface area contributed by atoms with Gasteiger partial charge in [0, 0.05) is 23.4 Å². The Labute approximate surface area is 192 Å². The van der Waals surface area contributed by atoms with E-state index in [1.54, 1.807) is 73.1 Å². The number of ether oxygens (including phenoxy) is 1. The Balaban J connectivity index is 1.68. The van der Waals surface area contributed by atoms with Crippen molar-refractivity contribution in [2.75, 3.05) is 11.8 Å². The van der Waals surface area contributed by atoms with E-state index in [0.717, 1.165) is 11.4 Å². The fourth-order valence-electron chi connectivity index (χ4n) is 3.54. The van der Waals surface area contributed by atoms with Gasteiger partial charge in [-0.25, -0.2) is 13.4 Å². The van der Waals surface area contributed by atoms with Crippen LogP contribution in [0.3, 0.4) is 0 Å². The van der Waals surface area contributed by atoms with E-state index in [4.69, 9.17) is 4.74 Å². The minimum absolute atomic E-state index is 0.0487. The summed E-state index contributed by atoms with van der Waals surface area (Å²) in [5.74, 6) is 0.452. The minimum atomic E-state index is -3.91. The quantitative estimate of drug-likeness (QED) is 0.397. The van der Waals surface area contributed by atoms with Crippen molar-refractivity contribution in [3.05, 3.63) is 90.5 Å². The average Bonchev–Trinajstić information content (AvgIpc) is 3.24. The largest absolute Gasteiger partial charge is 0.494 e. The van der Waals surface area contributed by atoms with Crippen LogP contribution in [0, 0.1) is 6.92 Å². The molecule has 1 aromatic heterocycles. The van der Waals surface area contributed by atoms with Crippen molar-refractivity contribution in [2.24, 2.45) is 0 Å². The minimum Gasteiger partial charge on any atom is -0.494 e. The van der Waals surface area contributed by atoms with E-state index in [2.05, 4.69) is 9.71 Å². The van der Waals surface area contributed by atoms with Gasteiger partial charge < -0.3 is 9.30 Å². The Bertz CT molecular complexity index is 1420. The molecular weight excluding hydrogens is 438 g/mol. The maximum Gasteiger partial charge on any atom is 0.262 e. The Morgan fingerprint density at radius 3 is 2.39 bits per heavy atom. The standard InChI is InChI=1S/C25H23N3O4S/c1-17-15-28(16-26-17)23-13-12-21(14-24(23)32-3)27-33(30,31)25-7-5-4-6-22(25)20-10-8-19(9-11-20)18(2)29/h4-16,27H,1-3H3. The van der Waals surface area contributed by atoms with Crippen molar-refractivity contribution < 1.29 is 17.9 Å². The van der Waals surface area contributed by atoms with Crippen LogP contribution in [-0.4, -0.2) is 30.9 Å². The first-order valence-corrected chi connectivity index (χ1v) is 11.7. The maximum atomic E-state index is 13.3. The van der Waals surface area contributed by atoms with Gasteiger partial charge in [0.1, 0.15) is 5.75 Å². The molecular formula is C25H23N3O4S. The van der Waals surface area contributed by atoms with Gasteiger partial charge in [0.05, 0.1) is 35.4 Å². The number of ketones is 1. The molecule has 0 atom stereocenters. The molecule has 1 N–H and O–H groups in total. The molecule has 0 saturated carbocycles. The topological polar surface area (TPSA) is 90.3 Å². The highest BCUT2D eigenvalue weighted by atomic mass is 32.2. The number of imidazole rings is 1. The highest BCUT2D eigenvalue weighted by Crippen LogP contribution is 2.31. The SMILES string of the molecule is COc1cc(NS(=O)(=O)c2ccccc2-c2ccc(C(C)=O)cc2)ccc1-n1cnc(C)c1. The van der Waals surface area contributed by atoms with E-state index in [1.165, 1.54) is 14.0 Å². The number of sulfonamides is 1. The highest BCUT2D eigenvalue weighted by molar-refractivity contribution is 7.92. The van der Waals surface area contributed by atoms with Crippen molar-refractivity contribution in [3.63, 3.8) is 0 Å². The Hall–Kier alpha value is -3.91. The molecule has 8 heteroatoms. The number of carbonyl (C=O) groups excluding carboxylic acids is 1. The average molecular weight is 462 g/mol. The van der Waals surface area contributed by atoms with E-state index in [1.807, 2.05) is 17.7 Å². The molecule has 0 saturated heterocycles.